The number of benzene rings is 1. The maximum absolute atomic E-state index is 7.02. The van der Waals surface area contributed by atoms with E-state index in [1.165, 1.54) is 11.8 Å². The fourth-order valence-electron chi connectivity index (χ4n) is 0.718. The van der Waals surface area contributed by atoms with Crippen LogP contribution >= 0.6 is 23.4 Å². The van der Waals surface area contributed by atoms with Crippen LogP contribution in [0.4, 0.5) is 0 Å². The van der Waals surface area contributed by atoms with Crippen molar-refractivity contribution < 1.29 is 0 Å². The van der Waals surface area contributed by atoms with Crippen LogP contribution in [0, 0.1) is 5.41 Å². The molecule has 64 valence electrons. The molecule has 0 bridgehead atoms. The summed E-state index contributed by atoms with van der Waals surface area (Å²) >= 11 is 7.27. The molecule has 0 aliphatic carbocycles. The second-order valence-electron chi connectivity index (χ2n) is 2.27. The van der Waals surface area contributed by atoms with E-state index < -0.39 is 0 Å². The maximum atomic E-state index is 7.02. The van der Waals surface area contributed by atoms with Crippen LogP contribution in [0.3, 0.4) is 0 Å². The molecule has 0 unspecified atom stereocenters. The van der Waals surface area contributed by atoms with Crippen molar-refractivity contribution in [2.45, 2.75) is 4.90 Å². The third-order valence-corrected chi connectivity index (χ3v) is 2.47. The summed E-state index contributed by atoms with van der Waals surface area (Å²) in [4.78, 5) is 1.04. The van der Waals surface area contributed by atoms with Gasteiger partial charge in [-0.15, -0.1) is 11.8 Å². The molecule has 12 heavy (non-hydrogen) atoms. The summed E-state index contributed by atoms with van der Waals surface area (Å²) in [6, 6.07) is 7.50. The summed E-state index contributed by atoms with van der Waals surface area (Å²) in [5.41, 5.74) is 5.21. The summed E-state index contributed by atoms with van der Waals surface area (Å²) in [5, 5.41) is 7.73. The minimum absolute atomic E-state index is 0.181. The highest BCUT2D eigenvalue weighted by Crippen LogP contribution is 2.20. The van der Waals surface area contributed by atoms with Gasteiger partial charge < -0.3 is 5.73 Å². The van der Waals surface area contributed by atoms with Crippen LogP contribution in [0.5, 0.6) is 0 Å². The average Bonchev–Trinajstić information content (AvgIpc) is 2.01. The standard InChI is InChI=1S/C8H9ClN2S/c9-6-2-1-3-7(4-6)12-5-8(10)11/h1-4H,5H2,(H3,10,11). The minimum Gasteiger partial charge on any atom is -0.387 e. The average molecular weight is 201 g/mol. The van der Waals surface area contributed by atoms with E-state index in [2.05, 4.69) is 0 Å². The van der Waals surface area contributed by atoms with Crippen molar-refractivity contribution in [3.63, 3.8) is 0 Å². The Morgan fingerprint density at radius 2 is 2.33 bits per heavy atom. The molecule has 0 radical (unpaired) electrons. The molecule has 1 aromatic carbocycles. The number of nitrogens with two attached hydrogens (primary N) is 1. The van der Waals surface area contributed by atoms with Crippen LogP contribution < -0.4 is 5.73 Å². The maximum Gasteiger partial charge on any atom is 0.101 e. The molecule has 0 heterocycles. The monoisotopic (exact) mass is 200 g/mol. The Kier molecular flexibility index (Phi) is 3.44. The van der Waals surface area contributed by atoms with Crippen molar-refractivity contribution in [1.29, 1.82) is 5.41 Å². The second-order valence-corrected chi connectivity index (χ2v) is 3.76. The summed E-state index contributed by atoms with van der Waals surface area (Å²) in [6.45, 7) is 0. The number of thioether (sulfide) groups is 1. The first kappa shape index (κ1) is 9.42. The van der Waals surface area contributed by atoms with Gasteiger partial charge in [0.05, 0.1) is 5.75 Å². The van der Waals surface area contributed by atoms with E-state index in [1.807, 2.05) is 24.3 Å². The molecule has 0 fully saturated rings. The topological polar surface area (TPSA) is 49.9 Å². The van der Waals surface area contributed by atoms with Gasteiger partial charge in [-0.2, -0.15) is 0 Å². The van der Waals surface area contributed by atoms with Gasteiger partial charge in [0.1, 0.15) is 5.84 Å². The Balaban J connectivity index is 2.57. The van der Waals surface area contributed by atoms with Gasteiger partial charge in [0.2, 0.25) is 0 Å². The number of hydrogen-bond acceptors (Lipinski definition) is 2. The normalized spacial score (nSPS) is 9.75. The largest absolute Gasteiger partial charge is 0.387 e. The van der Waals surface area contributed by atoms with Crippen molar-refractivity contribution >= 4 is 29.2 Å². The van der Waals surface area contributed by atoms with Crippen LogP contribution in [-0.2, 0) is 0 Å². The Morgan fingerprint density at radius 1 is 1.58 bits per heavy atom. The molecule has 1 aromatic rings. The second kappa shape index (κ2) is 4.38. The van der Waals surface area contributed by atoms with Gasteiger partial charge in [0.25, 0.3) is 0 Å². The highest BCUT2D eigenvalue weighted by Gasteiger charge is 1.95. The van der Waals surface area contributed by atoms with Crippen LogP contribution in [0.25, 0.3) is 0 Å². The first-order valence-corrected chi connectivity index (χ1v) is 4.76. The fourth-order valence-corrected chi connectivity index (χ4v) is 1.68. The van der Waals surface area contributed by atoms with Crippen molar-refractivity contribution in [2.75, 3.05) is 5.75 Å². The van der Waals surface area contributed by atoms with E-state index in [0.717, 1.165) is 4.90 Å². The van der Waals surface area contributed by atoms with Crippen molar-refractivity contribution in [1.82, 2.24) is 0 Å². The van der Waals surface area contributed by atoms with Crippen molar-refractivity contribution in [3.8, 4) is 0 Å². The van der Waals surface area contributed by atoms with E-state index in [1.54, 1.807) is 0 Å². The van der Waals surface area contributed by atoms with Gasteiger partial charge in [-0.25, -0.2) is 0 Å². The first-order chi connectivity index (χ1) is 5.68. The molecule has 0 aliphatic heterocycles. The van der Waals surface area contributed by atoms with Crippen LogP contribution in [0.1, 0.15) is 0 Å². The van der Waals surface area contributed by atoms with Crippen LogP contribution in [0.2, 0.25) is 5.02 Å². The molecule has 3 N–H and O–H groups in total. The summed E-state index contributed by atoms with van der Waals surface area (Å²) in [6.07, 6.45) is 0. The summed E-state index contributed by atoms with van der Waals surface area (Å²) in [7, 11) is 0. The summed E-state index contributed by atoms with van der Waals surface area (Å²) in [5.74, 6) is 0.695. The number of rotatable bonds is 3. The summed E-state index contributed by atoms with van der Waals surface area (Å²) < 4.78 is 0. The highest BCUT2D eigenvalue weighted by molar-refractivity contribution is 8.00. The molecular formula is C8H9ClN2S. The van der Waals surface area contributed by atoms with Gasteiger partial charge in [-0.3, -0.25) is 5.41 Å². The Hall–Kier alpha value is -0.670. The Labute approximate surface area is 80.6 Å². The van der Waals surface area contributed by atoms with Gasteiger partial charge in [-0.1, -0.05) is 17.7 Å². The lowest BCUT2D eigenvalue weighted by Gasteiger charge is -1.99. The van der Waals surface area contributed by atoms with Crippen molar-refractivity contribution in [2.24, 2.45) is 5.73 Å². The Morgan fingerprint density at radius 3 is 2.92 bits per heavy atom. The smallest absolute Gasteiger partial charge is 0.101 e. The van der Waals surface area contributed by atoms with Gasteiger partial charge in [0.15, 0.2) is 0 Å². The van der Waals surface area contributed by atoms with E-state index >= 15 is 0 Å². The lowest BCUT2D eigenvalue weighted by molar-refractivity contribution is 1.41. The zero-order valence-electron chi connectivity index (χ0n) is 6.38. The molecule has 0 spiro atoms. The van der Waals surface area contributed by atoms with E-state index in [0.29, 0.717) is 10.8 Å². The molecule has 0 atom stereocenters. The molecule has 1 rings (SSSR count). The highest BCUT2D eigenvalue weighted by atomic mass is 35.5. The molecule has 0 saturated heterocycles. The molecule has 0 amide bonds. The first-order valence-electron chi connectivity index (χ1n) is 3.40. The number of nitrogens with one attached hydrogen (secondary N) is 1. The van der Waals surface area contributed by atoms with E-state index in [-0.39, 0.29) is 5.84 Å². The van der Waals surface area contributed by atoms with Crippen LogP contribution in [-0.4, -0.2) is 11.6 Å². The number of amidine groups is 1. The zero-order valence-corrected chi connectivity index (χ0v) is 7.95. The molecular weight excluding hydrogens is 192 g/mol. The minimum atomic E-state index is 0.181. The third-order valence-electron chi connectivity index (χ3n) is 1.19. The van der Waals surface area contributed by atoms with Gasteiger partial charge in [-0.05, 0) is 18.2 Å². The molecule has 2 nitrogen and oxygen atoms in total. The quantitative estimate of drug-likeness (QED) is 0.447. The molecule has 0 aromatic heterocycles. The van der Waals surface area contributed by atoms with Gasteiger partial charge >= 0.3 is 0 Å². The Bertz CT molecular complexity index is 288. The number of hydrogen-bond donors (Lipinski definition) is 2. The third kappa shape index (κ3) is 3.15. The molecule has 0 aliphatic rings. The SMILES string of the molecule is N=C(N)CSc1cccc(Cl)c1. The zero-order chi connectivity index (χ0) is 8.97. The number of halogens is 1. The predicted octanol–water partition coefficient (Wildman–Crippen LogP) is 2.37. The molecule has 0 saturated carbocycles. The van der Waals surface area contributed by atoms with Crippen LogP contribution in [0.15, 0.2) is 29.2 Å². The lowest BCUT2D eigenvalue weighted by atomic mass is 10.4. The predicted molar refractivity (Wildman–Crippen MR) is 54.1 cm³/mol. The van der Waals surface area contributed by atoms with Gasteiger partial charge in [0, 0.05) is 9.92 Å². The van der Waals surface area contributed by atoms with Crippen molar-refractivity contribution in [3.05, 3.63) is 29.3 Å². The fraction of sp³-hybridized carbons (Fsp3) is 0.125. The lowest BCUT2D eigenvalue weighted by Crippen LogP contribution is -2.11. The van der Waals surface area contributed by atoms with E-state index in [9.17, 15) is 0 Å². The molecule has 4 heteroatoms. The van der Waals surface area contributed by atoms with E-state index in [4.69, 9.17) is 22.7 Å².